The molecule has 2 aliphatic rings. The van der Waals surface area contributed by atoms with Gasteiger partial charge in [0.2, 0.25) is 10.0 Å². The van der Waals surface area contributed by atoms with Gasteiger partial charge in [-0.15, -0.1) is 0 Å². The van der Waals surface area contributed by atoms with Gasteiger partial charge >= 0.3 is 0 Å². The van der Waals surface area contributed by atoms with E-state index in [1.807, 2.05) is 4.57 Å². The number of aromatic nitrogens is 5. The molecular weight excluding hydrogens is 513 g/mol. The summed E-state index contributed by atoms with van der Waals surface area (Å²) in [6, 6.07) is 4.61. The molecular formula is C25H28FN7O4S. The van der Waals surface area contributed by atoms with E-state index in [9.17, 15) is 22.7 Å². The van der Waals surface area contributed by atoms with Gasteiger partial charge in [-0.25, -0.2) is 17.8 Å². The number of fused-ring (bicyclic) bond motifs is 2. The molecule has 3 aromatic heterocycles. The van der Waals surface area contributed by atoms with Crippen LogP contribution in [0.1, 0.15) is 57.8 Å². The standard InChI is InChI=1S/C25H28FN7O4S/c1-14-22(38(36,37)32-10-15-8-29-30-23(15)16(11-32)12-34)7-21(31(14)2)25(35)27-9-18-19(26)5-6-20-24(18)33(13-28-20)17-3-4-17/h5-8,13,16-17,34H,3-4,9-12H2,1-2H3,(H,27,35)(H,29,30). The maximum atomic E-state index is 14.9. The molecule has 0 bridgehead atoms. The van der Waals surface area contributed by atoms with Crippen molar-refractivity contribution in [2.75, 3.05) is 13.2 Å². The van der Waals surface area contributed by atoms with Gasteiger partial charge in [0.1, 0.15) is 16.4 Å². The molecule has 1 unspecified atom stereocenters. The first-order valence-corrected chi connectivity index (χ1v) is 13.9. The van der Waals surface area contributed by atoms with E-state index in [-0.39, 0.29) is 42.9 Å². The van der Waals surface area contributed by atoms with E-state index < -0.39 is 27.7 Å². The lowest BCUT2D eigenvalue weighted by Crippen LogP contribution is -2.39. The number of imidazole rings is 1. The highest BCUT2D eigenvalue weighted by atomic mass is 32.2. The number of halogens is 1. The highest BCUT2D eigenvalue weighted by Gasteiger charge is 2.36. The van der Waals surface area contributed by atoms with Crippen LogP contribution in [0, 0.1) is 12.7 Å². The van der Waals surface area contributed by atoms with E-state index in [4.69, 9.17) is 0 Å². The zero-order valence-corrected chi connectivity index (χ0v) is 21.8. The number of benzene rings is 1. The molecule has 1 saturated carbocycles. The Morgan fingerprint density at radius 1 is 1.32 bits per heavy atom. The van der Waals surface area contributed by atoms with Crippen molar-refractivity contribution >= 4 is 27.0 Å². The zero-order chi connectivity index (χ0) is 26.8. The topological polar surface area (TPSA) is 138 Å². The molecule has 4 heterocycles. The number of sulfonamides is 1. The number of aromatic amines is 1. The molecule has 1 aromatic carbocycles. The molecule has 1 atom stereocenters. The minimum absolute atomic E-state index is 0.00822. The summed E-state index contributed by atoms with van der Waals surface area (Å²) in [6.45, 7) is 1.53. The summed E-state index contributed by atoms with van der Waals surface area (Å²) in [4.78, 5) is 17.6. The first-order chi connectivity index (χ1) is 18.2. The molecule has 13 heteroatoms. The summed E-state index contributed by atoms with van der Waals surface area (Å²) in [5, 5.41) is 19.4. The fraction of sp³-hybridized carbons (Fsp3) is 0.400. The van der Waals surface area contributed by atoms with E-state index in [2.05, 4.69) is 20.5 Å². The largest absolute Gasteiger partial charge is 0.396 e. The van der Waals surface area contributed by atoms with Crippen LogP contribution in [0.3, 0.4) is 0 Å². The lowest BCUT2D eigenvalue weighted by Gasteiger charge is -2.30. The molecule has 1 aliphatic carbocycles. The minimum atomic E-state index is -3.99. The van der Waals surface area contributed by atoms with Crippen molar-refractivity contribution in [2.45, 2.75) is 49.7 Å². The number of nitrogens with one attached hydrogen (secondary N) is 2. The van der Waals surface area contributed by atoms with E-state index in [1.165, 1.54) is 21.0 Å². The third-order valence-electron chi connectivity index (χ3n) is 7.64. The summed E-state index contributed by atoms with van der Waals surface area (Å²) in [6.07, 6.45) is 5.28. The molecule has 1 aliphatic heterocycles. The fourth-order valence-electron chi connectivity index (χ4n) is 5.24. The fourth-order valence-corrected chi connectivity index (χ4v) is 6.98. The van der Waals surface area contributed by atoms with E-state index in [0.29, 0.717) is 27.9 Å². The quantitative estimate of drug-likeness (QED) is 0.328. The van der Waals surface area contributed by atoms with Gasteiger partial charge in [0.25, 0.3) is 5.91 Å². The van der Waals surface area contributed by atoms with Gasteiger partial charge in [-0.1, -0.05) is 0 Å². The van der Waals surface area contributed by atoms with Crippen LogP contribution in [-0.2, 0) is 30.2 Å². The SMILES string of the molecule is Cc1c(S(=O)(=O)N2Cc3cn[nH]c3C(CO)C2)cc(C(=O)NCc2c(F)ccc3ncn(C4CC4)c23)n1C. The van der Waals surface area contributed by atoms with Gasteiger partial charge in [0, 0.05) is 61.2 Å². The Kier molecular flexibility index (Phi) is 5.89. The summed E-state index contributed by atoms with van der Waals surface area (Å²) in [7, 11) is -2.37. The molecule has 0 radical (unpaired) electrons. The number of H-pyrrole nitrogens is 1. The third-order valence-corrected chi connectivity index (χ3v) is 9.57. The number of hydrogen-bond donors (Lipinski definition) is 3. The van der Waals surface area contributed by atoms with Crippen molar-refractivity contribution in [3.05, 3.63) is 64.7 Å². The summed E-state index contributed by atoms with van der Waals surface area (Å²) >= 11 is 0. The van der Waals surface area contributed by atoms with Gasteiger partial charge in [-0.3, -0.25) is 9.89 Å². The predicted octanol–water partition coefficient (Wildman–Crippen LogP) is 2.09. The first-order valence-electron chi connectivity index (χ1n) is 12.4. The highest BCUT2D eigenvalue weighted by molar-refractivity contribution is 7.89. The maximum absolute atomic E-state index is 14.9. The third kappa shape index (κ3) is 3.92. The normalized spacial score (nSPS) is 18.2. The average molecular weight is 542 g/mol. The van der Waals surface area contributed by atoms with Crippen molar-refractivity contribution in [1.82, 2.24) is 33.9 Å². The molecule has 38 heavy (non-hydrogen) atoms. The van der Waals surface area contributed by atoms with Crippen LogP contribution < -0.4 is 5.32 Å². The molecule has 0 saturated heterocycles. The Morgan fingerprint density at radius 3 is 2.84 bits per heavy atom. The highest BCUT2D eigenvalue weighted by Crippen LogP contribution is 2.38. The number of carbonyl (C=O) groups is 1. The van der Waals surface area contributed by atoms with Gasteiger partial charge in [0.05, 0.1) is 30.2 Å². The van der Waals surface area contributed by atoms with Gasteiger partial charge < -0.3 is 19.6 Å². The van der Waals surface area contributed by atoms with Crippen LogP contribution in [0.5, 0.6) is 0 Å². The number of rotatable bonds is 7. The number of hydrogen-bond acceptors (Lipinski definition) is 6. The second kappa shape index (κ2) is 9.03. The molecule has 6 rings (SSSR count). The van der Waals surface area contributed by atoms with Crippen LogP contribution in [-0.4, -0.2) is 61.2 Å². The zero-order valence-electron chi connectivity index (χ0n) is 21.0. The molecule has 200 valence electrons. The second-order valence-electron chi connectivity index (χ2n) is 9.98. The Balaban J connectivity index is 1.27. The number of amides is 1. The maximum Gasteiger partial charge on any atom is 0.268 e. The minimum Gasteiger partial charge on any atom is -0.396 e. The second-order valence-corrected chi connectivity index (χ2v) is 11.9. The Labute approximate surface area is 218 Å². The lowest BCUT2D eigenvalue weighted by atomic mass is 9.99. The molecule has 1 fully saturated rings. The molecule has 0 spiro atoms. The monoisotopic (exact) mass is 541 g/mol. The van der Waals surface area contributed by atoms with Crippen LogP contribution in [0.2, 0.25) is 0 Å². The van der Waals surface area contributed by atoms with Crippen LogP contribution >= 0.6 is 0 Å². The van der Waals surface area contributed by atoms with Crippen LogP contribution in [0.15, 0.2) is 35.6 Å². The Bertz CT molecular complexity index is 1670. The van der Waals surface area contributed by atoms with Gasteiger partial charge in [-0.2, -0.15) is 9.40 Å². The van der Waals surface area contributed by atoms with Crippen molar-refractivity contribution < 1.29 is 22.7 Å². The van der Waals surface area contributed by atoms with E-state index >= 15 is 0 Å². The average Bonchev–Trinajstić information content (AvgIpc) is 3.33. The van der Waals surface area contributed by atoms with E-state index in [0.717, 1.165) is 18.5 Å². The van der Waals surface area contributed by atoms with Crippen LogP contribution in [0.25, 0.3) is 11.0 Å². The van der Waals surface area contributed by atoms with Crippen molar-refractivity contribution in [3.63, 3.8) is 0 Å². The lowest BCUT2D eigenvalue weighted by molar-refractivity contribution is 0.0942. The Morgan fingerprint density at radius 2 is 2.11 bits per heavy atom. The van der Waals surface area contributed by atoms with Crippen molar-refractivity contribution in [2.24, 2.45) is 7.05 Å². The summed E-state index contributed by atoms with van der Waals surface area (Å²) < 4.78 is 46.9. The first kappa shape index (κ1) is 24.8. The van der Waals surface area contributed by atoms with E-state index in [1.54, 1.807) is 32.6 Å². The van der Waals surface area contributed by atoms with Gasteiger partial charge in [-0.05, 0) is 38.0 Å². The number of aliphatic hydroxyl groups is 1. The van der Waals surface area contributed by atoms with Crippen LogP contribution in [0.4, 0.5) is 4.39 Å². The smallest absolute Gasteiger partial charge is 0.268 e. The van der Waals surface area contributed by atoms with Crippen molar-refractivity contribution in [1.29, 1.82) is 0 Å². The predicted molar refractivity (Wildman–Crippen MR) is 135 cm³/mol. The molecule has 4 aromatic rings. The summed E-state index contributed by atoms with van der Waals surface area (Å²) in [5.41, 5.74) is 3.65. The van der Waals surface area contributed by atoms with Gasteiger partial charge in [0.15, 0.2) is 0 Å². The number of carbonyl (C=O) groups excluding carboxylic acids is 1. The summed E-state index contributed by atoms with van der Waals surface area (Å²) in [5.74, 6) is -1.38. The number of nitrogens with zero attached hydrogens (tertiary/aromatic N) is 5. The molecule has 11 nitrogen and oxygen atoms in total. The van der Waals surface area contributed by atoms with Crippen molar-refractivity contribution in [3.8, 4) is 0 Å². The Hall–Kier alpha value is -3.55. The molecule has 3 N–H and O–H groups in total. The molecule has 1 amide bonds. The number of aliphatic hydroxyl groups excluding tert-OH is 1.